The second-order valence-electron chi connectivity index (χ2n) is 10.3. The number of allylic oxidation sites excluding steroid dienone is 1. The number of benzene rings is 1. The van der Waals surface area contributed by atoms with Gasteiger partial charge in [-0.1, -0.05) is 23.9 Å². The highest BCUT2D eigenvalue weighted by Crippen LogP contribution is 2.60. The molecule has 4 aliphatic rings. The highest BCUT2D eigenvalue weighted by atomic mass is 32.2. The molecule has 7 heteroatoms. The fourth-order valence-corrected chi connectivity index (χ4v) is 7.55. The maximum atomic E-state index is 13.3. The molecule has 6 rings (SSSR count). The standard InChI is InChI=1S/C27H30F2N2O2S/c1-16-7-22(25(28)29)31-26(30-16)34-15-21-11-17(3-5-23(21)33-2)4-6-24(32)27-12-18-8-19(13-27)10-20(9-18)14-27/h3-7,11,18-20,25H,8-10,12-15H2,1-2H3/b6-4+. The maximum absolute atomic E-state index is 13.3. The fraction of sp³-hybridized carbons (Fsp3) is 0.519. The van der Waals surface area contributed by atoms with Crippen molar-refractivity contribution in [2.45, 2.75) is 62.8 Å². The average Bonchev–Trinajstić information content (AvgIpc) is 2.80. The summed E-state index contributed by atoms with van der Waals surface area (Å²) in [5.41, 5.74) is 1.94. The van der Waals surface area contributed by atoms with Crippen LogP contribution < -0.4 is 4.74 Å². The Kier molecular flexibility index (Phi) is 6.49. The van der Waals surface area contributed by atoms with Crippen LogP contribution in [0.25, 0.3) is 6.08 Å². The zero-order chi connectivity index (χ0) is 23.9. The predicted octanol–water partition coefficient (Wildman–Crippen LogP) is 6.82. The Balaban J connectivity index is 1.30. The van der Waals surface area contributed by atoms with Crippen LogP contribution >= 0.6 is 11.8 Å². The molecular weight excluding hydrogens is 454 g/mol. The van der Waals surface area contributed by atoms with E-state index in [1.807, 2.05) is 24.3 Å². The number of ether oxygens (including phenoxy) is 1. The van der Waals surface area contributed by atoms with Crippen LogP contribution in [0.2, 0.25) is 0 Å². The van der Waals surface area contributed by atoms with E-state index in [0.29, 0.717) is 22.4 Å². The molecule has 4 nitrogen and oxygen atoms in total. The van der Waals surface area contributed by atoms with E-state index < -0.39 is 6.43 Å². The maximum Gasteiger partial charge on any atom is 0.280 e. The summed E-state index contributed by atoms with van der Waals surface area (Å²) in [4.78, 5) is 21.6. The van der Waals surface area contributed by atoms with Gasteiger partial charge in [0.2, 0.25) is 0 Å². The van der Waals surface area contributed by atoms with Crippen LogP contribution in [-0.2, 0) is 10.5 Å². The predicted molar refractivity (Wildman–Crippen MR) is 129 cm³/mol. The summed E-state index contributed by atoms with van der Waals surface area (Å²) >= 11 is 1.29. The molecule has 4 fully saturated rings. The number of halogens is 2. The molecule has 4 saturated carbocycles. The Morgan fingerprint density at radius 2 is 1.82 bits per heavy atom. The Morgan fingerprint density at radius 1 is 1.15 bits per heavy atom. The van der Waals surface area contributed by atoms with Gasteiger partial charge in [-0.25, -0.2) is 18.7 Å². The molecule has 34 heavy (non-hydrogen) atoms. The van der Waals surface area contributed by atoms with E-state index in [2.05, 4.69) is 9.97 Å². The van der Waals surface area contributed by atoms with E-state index in [9.17, 15) is 13.6 Å². The van der Waals surface area contributed by atoms with Crippen molar-refractivity contribution in [3.63, 3.8) is 0 Å². The average molecular weight is 485 g/mol. The van der Waals surface area contributed by atoms with Crippen molar-refractivity contribution in [2.24, 2.45) is 23.2 Å². The third kappa shape index (κ3) is 4.77. The monoisotopic (exact) mass is 484 g/mol. The van der Waals surface area contributed by atoms with Gasteiger partial charge in [-0.2, -0.15) is 0 Å². The zero-order valence-electron chi connectivity index (χ0n) is 19.6. The number of aryl methyl sites for hydroxylation is 1. The molecule has 0 saturated heterocycles. The minimum absolute atomic E-state index is 0.138. The van der Waals surface area contributed by atoms with Gasteiger partial charge in [0.15, 0.2) is 10.9 Å². The number of carbonyl (C=O) groups is 1. The minimum atomic E-state index is -2.63. The van der Waals surface area contributed by atoms with E-state index >= 15 is 0 Å². The van der Waals surface area contributed by atoms with Crippen LogP contribution in [-0.4, -0.2) is 22.9 Å². The van der Waals surface area contributed by atoms with Crippen LogP contribution in [0.5, 0.6) is 5.75 Å². The van der Waals surface area contributed by atoms with Crippen LogP contribution in [0.4, 0.5) is 8.78 Å². The second-order valence-corrected chi connectivity index (χ2v) is 11.2. The van der Waals surface area contributed by atoms with Crippen LogP contribution in [0.15, 0.2) is 35.5 Å². The smallest absolute Gasteiger partial charge is 0.280 e. The Hall–Kier alpha value is -2.28. The molecule has 180 valence electrons. The van der Waals surface area contributed by atoms with Crippen LogP contribution in [0.3, 0.4) is 0 Å². The fourth-order valence-electron chi connectivity index (χ4n) is 6.66. The molecule has 1 aromatic carbocycles. The quantitative estimate of drug-likeness (QED) is 0.234. The number of rotatable bonds is 8. The van der Waals surface area contributed by atoms with Gasteiger partial charge in [0.25, 0.3) is 6.43 Å². The largest absolute Gasteiger partial charge is 0.496 e. The molecule has 4 bridgehead atoms. The van der Waals surface area contributed by atoms with Crippen LogP contribution in [0.1, 0.15) is 67.5 Å². The summed E-state index contributed by atoms with van der Waals surface area (Å²) in [6, 6.07) is 7.11. The van der Waals surface area contributed by atoms with Gasteiger partial charge in [0, 0.05) is 22.4 Å². The molecule has 1 heterocycles. The van der Waals surface area contributed by atoms with Gasteiger partial charge in [-0.05, 0) is 93.0 Å². The SMILES string of the molecule is COc1ccc(/C=C/C(=O)C23CC4CC(CC(C4)C2)C3)cc1CSc1nc(C)cc(C(F)F)n1. The Labute approximate surface area is 203 Å². The number of hydrogen-bond donors (Lipinski definition) is 0. The molecule has 0 amide bonds. The molecule has 4 aliphatic carbocycles. The molecule has 0 atom stereocenters. The van der Waals surface area contributed by atoms with Gasteiger partial charge >= 0.3 is 0 Å². The summed E-state index contributed by atoms with van der Waals surface area (Å²) in [7, 11) is 1.60. The van der Waals surface area contributed by atoms with E-state index in [1.54, 1.807) is 20.1 Å². The second kappa shape index (κ2) is 9.40. The van der Waals surface area contributed by atoms with Crippen molar-refractivity contribution in [1.82, 2.24) is 9.97 Å². The van der Waals surface area contributed by atoms with Crippen molar-refractivity contribution in [1.29, 1.82) is 0 Å². The molecule has 0 aliphatic heterocycles. The van der Waals surface area contributed by atoms with Crippen molar-refractivity contribution in [3.8, 4) is 5.75 Å². The third-order valence-corrected chi connectivity index (χ3v) is 8.62. The minimum Gasteiger partial charge on any atom is -0.496 e. The lowest BCUT2D eigenvalue weighted by Crippen LogP contribution is -2.49. The number of nitrogens with zero attached hydrogens (tertiary/aromatic N) is 2. The molecule has 2 aromatic rings. The molecule has 0 unspecified atom stereocenters. The Morgan fingerprint density at radius 3 is 2.44 bits per heavy atom. The topological polar surface area (TPSA) is 52.1 Å². The summed E-state index contributed by atoms with van der Waals surface area (Å²) < 4.78 is 31.7. The van der Waals surface area contributed by atoms with E-state index in [-0.39, 0.29) is 16.9 Å². The lowest BCUT2D eigenvalue weighted by atomic mass is 9.48. The van der Waals surface area contributed by atoms with Crippen molar-refractivity contribution >= 4 is 23.6 Å². The van der Waals surface area contributed by atoms with Gasteiger partial charge in [0.05, 0.1) is 7.11 Å². The van der Waals surface area contributed by atoms with Gasteiger partial charge in [0.1, 0.15) is 11.4 Å². The first kappa shape index (κ1) is 23.5. The molecular formula is C27H30F2N2O2S. The van der Waals surface area contributed by atoms with Crippen LogP contribution in [0, 0.1) is 30.1 Å². The van der Waals surface area contributed by atoms with E-state index in [1.165, 1.54) is 37.1 Å². The van der Waals surface area contributed by atoms with Crippen molar-refractivity contribution < 1.29 is 18.3 Å². The first-order chi connectivity index (χ1) is 16.3. The first-order valence-corrected chi connectivity index (χ1v) is 13.0. The molecule has 0 spiro atoms. The highest BCUT2D eigenvalue weighted by molar-refractivity contribution is 7.98. The summed E-state index contributed by atoms with van der Waals surface area (Å²) in [6.07, 6.45) is 8.20. The summed E-state index contributed by atoms with van der Waals surface area (Å²) in [6.45, 7) is 1.68. The van der Waals surface area contributed by atoms with Gasteiger partial charge in [-0.15, -0.1) is 0 Å². The van der Waals surface area contributed by atoms with Gasteiger partial charge < -0.3 is 4.74 Å². The number of carbonyl (C=O) groups excluding carboxylic acids is 1. The van der Waals surface area contributed by atoms with Crippen molar-refractivity contribution in [2.75, 3.05) is 7.11 Å². The number of aromatic nitrogens is 2. The lowest BCUT2D eigenvalue weighted by Gasteiger charge is -2.55. The van der Waals surface area contributed by atoms with E-state index in [0.717, 1.165) is 48.1 Å². The number of hydrogen-bond acceptors (Lipinski definition) is 5. The molecule has 0 radical (unpaired) electrons. The van der Waals surface area contributed by atoms with Gasteiger partial charge in [-0.3, -0.25) is 4.79 Å². The molecule has 1 aromatic heterocycles. The number of thioether (sulfide) groups is 1. The normalized spacial score (nSPS) is 27.6. The van der Waals surface area contributed by atoms with Crippen molar-refractivity contribution in [3.05, 3.63) is 52.9 Å². The summed E-state index contributed by atoms with van der Waals surface area (Å²) in [5, 5.41) is 0.315. The zero-order valence-corrected chi connectivity index (χ0v) is 20.4. The molecule has 0 N–H and O–H groups in total. The number of methoxy groups -OCH3 is 1. The van der Waals surface area contributed by atoms with E-state index in [4.69, 9.17) is 4.74 Å². The first-order valence-electron chi connectivity index (χ1n) is 12.0. The number of ketones is 1. The number of alkyl halides is 2. The Bertz CT molecular complexity index is 1080. The summed E-state index contributed by atoms with van der Waals surface area (Å²) in [5.74, 6) is 3.68. The lowest BCUT2D eigenvalue weighted by molar-refractivity contribution is -0.138. The third-order valence-electron chi connectivity index (χ3n) is 7.73. The highest BCUT2D eigenvalue weighted by Gasteiger charge is 2.53.